The van der Waals surface area contributed by atoms with E-state index >= 15 is 0 Å². The third kappa shape index (κ3) is 4.71. The molecule has 0 fully saturated rings. The molecule has 3 rings (SSSR count). The second kappa shape index (κ2) is 8.46. The van der Waals surface area contributed by atoms with Crippen LogP contribution in [0.15, 0.2) is 53.4 Å². The Bertz CT molecular complexity index is 1080. The molecular formula is C18H18N4O4S2. The third-order valence-electron chi connectivity index (χ3n) is 3.81. The number of carbonyl (C=O) groups excluding carboxylic acids is 1. The molecule has 0 saturated carbocycles. The molecule has 0 spiro atoms. The maximum absolute atomic E-state index is 12.4. The molecule has 3 aromatic rings. The molecule has 0 aliphatic heterocycles. The molecule has 8 nitrogen and oxygen atoms in total. The second-order valence-electron chi connectivity index (χ2n) is 5.77. The van der Waals surface area contributed by atoms with E-state index in [0.29, 0.717) is 22.0 Å². The molecule has 2 N–H and O–H groups in total. The van der Waals surface area contributed by atoms with Crippen molar-refractivity contribution in [1.82, 2.24) is 14.9 Å². The molecule has 0 atom stereocenters. The van der Waals surface area contributed by atoms with Crippen LogP contribution in [-0.4, -0.2) is 31.6 Å². The van der Waals surface area contributed by atoms with E-state index in [1.807, 2.05) is 0 Å². The van der Waals surface area contributed by atoms with E-state index in [4.69, 9.17) is 4.74 Å². The molecular weight excluding hydrogens is 400 g/mol. The lowest BCUT2D eigenvalue weighted by Gasteiger charge is -2.07. The minimum atomic E-state index is -3.68. The van der Waals surface area contributed by atoms with E-state index in [-0.39, 0.29) is 16.4 Å². The maximum Gasteiger partial charge on any atom is 0.286 e. The largest absolute Gasteiger partial charge is 0.497 e. The number of ether oxygens (including phenoxy) is 1. The molecule has 0 saturated heterocycles. The highest BCUT2D eigenvalue weighted by molar-refractivity contribution is 7.89. The molecule has 1 amide bonds. The molecule has 1 heterocycles. The van der Waals surface area contributed by atoms with Crippen LogP contribution in [0.3, 0.4) is 0 Å². The fourth-order valence-corrected chi connectivity index (χ4v) is 4.37. The zero-order valence-corrected chi connectivity index (χ0v) is 16.8. The van der Waals surface area contributed by atoms with E-state index in [0.717, 1.165) is 11.3 Å². The average molecular weight is 419 g/mol. The lowest BCUT2D eigenvalue weighted by molar-refractivity contribution is 0.102. The van der Waals surface area contributed by atoms with Crippen molar-refractivity contribution < 1.29 is 17.9 Å². The molecule has 2 aromatic carbocycles. The molecule has 28 heavy (non-hydrogen) atoms. The van der Waals surface area contributed by atoms with Crippen molar-refractivity contribution in [1.29, 1.82) is 0 Å². The minimum absolute atomic E-state index is 0.0514. The van der Waals surface area contributed by atoms with Gasteiger partial charge in [-0.1, -0.05) is 29.5 Å². The summed E-state index contributed by atoms with van der Waals surface area (Å²) in [5.74, 6) is 0.257. The van der Waals surface area contributed by atoms with Crippen LogP contribution in [0.5, 0.6) is 5.75 Å². The predicted molar refractivity (Wildman–Crippen MR) is 106 cm³/mol. The quantitative estimate of drug-likeness (QED) is 0.610. The van der Waals surface area contributed by atoms with Gasteiger partial charge in [-0.25, -0.2) is 13.1 Å². The number of rotatable bonds is 7. The van der Waals surface area contributed by atoms with E-state index < -0.39 is 15.9 Å². The minimum Gasteiger partial charge on any atom is -0.497 e. The van der Waals surface area contributed by atoms with Crippen molar-refractivity contribution in [2.24, 2.45) is 0 Å². The summed E-state index contributed by atoms with van der Waals surface area (Å²) >= 11 is 1.02. The maximum atomic E-state index is 12.4. The Hall–Kier alpha value is -2.82. The van der Waals surface area contributed by atoms with Crippen LogP contribution < -0.4 is 14.8 Å². The lowest BCUT2D eigenvalue weighted by atomic mass is 10.2. The van der Waals surface area contributed by atoms with Gasteiger partial charge in [0, 0.05) is 5.69 Å². The number of amides is 1. The van der Waals surface area contributed by atoms with Crippen molar-refractivity contribution in [2.45, 2.75) is 18.4 Å². The van der Waals surface area contributed by atoms with Gasteiger partial charge < -0.3 is 10.1 Å². The number of benzene rings is 2. The van der Waals surface area contributed by atoms with Crippen molar-refractivity contribution in [3.63, 3.8) is 0 Å². The fraction of sp³-hybridized carbons (Fsp3) is 0.167. The molecule has 0 bridgehead atoms. The van der Waals surface area contributed by atoms with Gasteiger partial charge in [-0.2, -0.15) is 0 Å². The first-order valence-corrected chi connectivity index (χ1v) is 10.5. The fourth-order valence-electron chi connectivity index (χ4n) is 2.37. The molecule has 1 aromatic heterocycles. The summed E-state index contributed by atoms with van der Waals surface area (Å²) in [5, 5.41) is 10.9. The van der Waals surface area contributed by atoms with Crippen molar-refractivity contribution in [3.05, 3.63) is 64.1 Å². The number of aryl methyl sites for hydroxylation is 1. The summed E-state index contributed by atoms with van der Waals surface area (Å²) < 4.78 is 32.4. The second-order valence-corrected chi connectivity index (χ2v) is 8.57. The number of sulfonamides is 1. The topological polar surface area (TPSA) is 110 Å². The summed E-state index contributed by atoms with van der Waals surface area (Å²) in [6.07, 6.45) is 0. The van der Waals surface area contributed by atoms with Crippen molar-refractivity contribution >= 4 is 33.0 Å². The normalized spacial score (nSPS) is 11.2. The van der Waals surface area contributed by atoms with Gasteiger partial charge in [-0.15, -0.1) is 10.2 Å². The first-order chi connectivity index (χ1) is 13.4. The van der Waals surface area contributed by atoms with Crippen LogP contribution in [0, 0.1) is 6.92 Å². The Morgan fingerprint density at radius 3 is 2.50 bits per heavy atom. The molecule has 146 valence electrons. The number of methoxy groups -OCH3 is 1. The number of nitrogens with one attached hydrogen (secondary N) is 2. The molecule has 0 aliphatic carbocycles. The zero-order chi connectivity index (χ0) is 20.1. The highest BCUT2D eigenvalue weighted by atomic mass is 32.2. The summed E-state index contributed by atoms with van der Waals surface area (Å²) in [5.41, 5.74) is 1.23. The number of aromatic nitrogens is 2. The zero-order valence-electron chi connectivity index (χ0n) is 15.2. The first kappa shape index (κ1) is 19.9. The van der Waals surface area contributed by atoms with Gasteiger partial charge in [0.1, 0.15) is 10.8 Å². The average Bonchev–Trinajstić information content (AvgIpc) is 3.17. The monoisotopic (exact) mass is 418 g/mol. The standard InChI is InChI=1S/C18H18N4O4S2/c1-12-5-3-4-6-15(12)28(24,25)19-11-16-21-22-18(27-16)17(23)20-13-7-9-14(26-2)10-8-13/h3-10,19H,11H2,1-2H3,(H,20,23). The van der Waals surface area contributed by atoms with Gasteiger partial charge in [0.2, 0.25) is 15.0 Å². The van der Waals surface area contributed by atoms with E-state index in [9.17, 15) is 13.2 Å². The van der Waals surface area contributed by atoms with Crippen LogP contribution in [0.2, 0.25) is 0 Å². The van der Waals surface area contributed by atoms with Crippen LogP contribution in [0.25, 0.3) is 0 Å². The SMILES string of the molecule is COc1ccc(NC(=O)c2nnc(CNS(=O)(=O)c3ccccc3C)s2)cc1. The number of hydrogen-bond acceptors (Lipinski definition) is 7. The van der Waals surface area contributed by atoms with E-state index in [2.05, 4.69) is 20.2 Å². The Labute approximate surface area is 166 Å². The van der Waals surface area contributed by atoms with Gasteiger partial charge in [0.05, 0.1) is 18.6 Å². The molecule has 10 heteroatoms. The molecule has 0 aliphatic rings. The lowest BCUT2D eigenvalue weighted by Crippen LogP contribution is -2.23. The number of nitrogens with zero attached hydrogens (tertiary/aromatic N) is 2. The van der Waals surface area contributed by atoms with Gasteiger partial charge in [0.15, 0.2) is 0 Å². The predicted octanol–water partition coefficient (Wildman–Crippen LogP) is 2.59. The van der Waals surface area contributed by atoms with E-state index in [1.54, 1.807) is 56.5 Å². The molecule has 0 radical (unpaired) electrons. The van der Waals surface area contributed by atoms with Crippen molar-refractivity contribution in [3.8, 4) is 5.75 Å². The Morgan fingerprint density at radius 2 is 1.82 bits per heavy atom. The number of anilines is 1. The first-order valence-electron chi connectivity index (χ1n) is 8.22. The Morgan fingerprint density at radius 1 is 1.11 bits per heavy atom. The Kier molecular flexibility index (Phi) is 6.02. The van der Waals surface area contributed by atoms with E-state index in [1.165, 1.54) is 6.07 Å². The van der Waals surface area contributed by atoms with Crippen molar-refractivity contribution in [2.75, 3.05) is 12.4 Å². The summed E-state index contributed by atoms with van der Waals surface area (Å²) in [4.78, 5) is 12.5. The molecule has 0 unspecified atom stereocenters. The highest BCUT2D eigenvalue weighted by Gasteiger charge is 2.18. The number of carbonyl (C=O) groups is 1. The van der Waals surface area contributed by atoms with Crippen LogP contribution in [-0.2, 0) is 16.6 Å². The van der Waals surface area contributed by atoms with Gasteiger partial charge in [-0.3, -0.25) is 4.79 Å². The van der Waals surface area contributed by atoms with Crippen LogP contribution in [0.4, 0.5) is 5.69 Å². The van der Waals surface area contributed by atoms with Gasteiger partial charge in [0.25, 0.3) is 5.91 Å². The smallest absolute Gasteiger partial charge is 0.286 e. The third-order valence-corrected chi connectivity index (χ3v) is 6.29. The highest BCUT2D eigenvalue weighted by Crippen LogP contribution is 2.18. The Balaban J connectivity index is 1.63. The summed E-state index contributed by atoms with van der Waals surface area (Å²) in [6, 6.07) is 13.5. The summed E-state index contributed by atoms with van der Waals surface area (Å²) in [7, 11) is -2.12. The van der Waals surface area contributed by atoms with Gasteiger partial charge >= 0.3 is 0 Å². The van der Waals surface area contributed by atoms with Crippen LogP contribution in [0.1, 0.15) is 20.4 Å². The van der Waals surface area contributed by atoms with Gasteiger partial charge in [-0.05, 0) is 42.8 Å². The van der Waals surface area contributed by atoms with Crippen LogP contribution >= 0.6 is 11.3 Å². The number of hydrogen-bond donors (Lipinski definition) is 2. The summed E-state index contributed by atoms with van der Waals surface area (Å²) in [6.45, 7) is 1.67.